The Labute approximate surface area is 183 Å². The zero-order chi connectivity index (χ0) is 23.2. The van der Waals surface area contributed by atoms with Gasteiger partial charge in [0.1, 0.15) is 5.75 Å². The average molecular weight is 450 g/mol. The summed E-state index contributed by atoms with van der Waals surface area (Å²) in [6.07, 6.45) is -0.00417. The number of methoxy groups -OCH3 is 1. The van der Waals surface area contributed by atoms with Crippen molar-refractivity contribution in [3.63, 3.8) is 0 Å². The van der Waals surface area contributed by atoms with Gasteiger partial charge in [0.25, 0.3) is 5.56 Å². The van der Waals surface area contributed by atoms with E-state index in [1.54, 1.807) is 37.3 Å². The van der Waals surface area contributed by atoms with Crippen molar-refractivity contribution >= 4 is 15.9 Å². The number of carbonyl (C=O) groups excluding carboxylic acids is 1. The van der Waals surface area contributed by atoms with E-state index >= 15 is 0 Å². The molecule has 1 heterocycles. The van der Waals surface area contributed by atoms with E-state index in [9.17, 15) is 18.0 Å². The van der Waals surface area contributed by atoms with Gasteiger partial charge >= 0.3 is 0 Å². The first-order valence-electron chi connectivity index (χ1n) is 10.1. The Hall–Kier alpha value is -2.65. The van der Waals surface area contributed by atoms with Crippen LogP contribution in [-0.4, -0.2) is 39.1 Å². The van der Waals surface area contributed by atoms with Gasteiger partial charge in [-0.05, 0) is 36.1 Å². The van der Waals surface area contributed by atoms with Crippen molar-refractivity contribution < 1.29 is 17.9 Å². The summed E-state index contributed by atoms with van der Waals surface area (Å²) in [6, 6.07) is 9.86. The van der Waals surface area contributed by atoms with Crippen LogP contribution in [0.2, 0.25) is 0 Å². The molecule has 0 atom stereocenters. The molecule has 170 valence electrons. The minimum absolute atomic E-state index is 0.00417. The molecule has 1 amide bonds. The maximum absolute atomic E-state index is 12.4. The van der Waals surface area contributed by atoms with Crippen LogP contribution in [0.25, 0.3) is 0 Å². The molecule has 0 saturated heterocycles. The van der Waals surface area contributed by atoms with Gasteiger partial charge in [-0.3, -0.25) is 9.59 Å². The molecule has 0 bridgehead atoms. The summed E-state index contributed by atoms with van der Waals surface area (Å²) < 4.78 is 33.9. The lowest BCUT2D eigenvalue weighted by Gasteiger charge is -2.19. The molecule has 0 spiro atoms. The van der Waals surface area contributed by atoms with Crippen LogP contribution in [0.5, 0.6) is 5.75 Å². The van der Waals surface area contributed by atoms with E-state index in [0.717, 1.165) is 11.3 Å². The third kappa shape index (κ3) is 6.93. The van der Waals surface area contributed by atoms with Gasteiger partial charge < -0.3 is 14.6 Å². The fourth-order valence-corrected chi connectivity index (χ4v) is 4.05. The predicted octanol–water partition coefficient (Wildman–Crippen LogP) is 1.95. The number of amides is 1. The lowest BCUT2D eigenvalue weighted by Crippen LogP contribution is -2.34. The van der Waals surface area contributed by atoms with Crippen molar-refractivity contribution in [2.24, 2.45) is 0 Å². The first kappa shape index (κ1) is 24.6. The first-order valence-corrected chi connectivity index (χ1v) is 11.5. The van der Waals surface area contributed by atoms with Crippen LogP contribution in [-0.2, 0) is 26.8 Å². The number of sulfonamides is 1. The zero-order valence-corrected chi connectivity index (χ0v) is 19.5. The topological polar surface area (TPSA) is 106 Å². The summed E-state index contributed by atoms with van der Waals surface area (Å²) in [5.74, 6) is 0.188. The van der Waals surface area contributed by atoms with Crippen molar-refractivity contribution in [1.82, 2.24) is 14.6 Å². The zero-order valence-electron chi connectivity index (χ0n) is 18.7. The van der Waals surface area contributed by atoms with Crippen molar-refractivity contribution in [3.8, 4) is 5.75 Å². The van der Waals surface area contributed by atoms with E-state index in [1.165, 1.54) is 17.7 Å². The molecular weight excluding hydrogens is 418 g/mol. The maximum Gasteiger partial charge on any atom is 0.254 e. The summed E-state index contributed by atoms with van der Waals surface area (Å²) in [4.78, 5) is 24.3. The molecule has 1 aromatic heterocycles. The molecule has 0 unspecified atom stereocenters. The number of nitrogens with one attached hydrogen (secondary N) is 2. The summed E-state index contributed by atoms with van der Waals surface area (Å²) in [5, 5.41) is 2.70. The van der Waals surface area contributed by atoms with E-state index < -0.39 is 10.0 Å². The van der Waals surface area contributed by atoms with Gasteiger partial charge in [-0.25, -0.2) is 13.1 Å². The van der Waals surface area contributed by atoms with Crippen LogP contribution >= 0.6 is 0 Å². The van der Waals surface area contributed by atoms with Gasteiger partial charge in [0.05, 0.1) is 12.0 Å². The highest BCUT2D eigenvalue weighted by atomic mass is 32.2. The molecule has 2 N–H and O–H groups in total. The largest absolute Gasteiger partial charge is 0.496 e. The number of hydrogen-bond donors (Lipinski definition) is 2. The van der Waals surface area contributed by atoms with Gasteiger partial charge in [0, 0.05) is 37.8 Å². The van der Waals surface area contributed by atoms with E-state index in [2.05, 4.69) is 30.8 Å². The number of aromatic nitrogens is 1. The number of carbonyl (C=O) groups is 1. The van der Waals surface area contributed by atoms with Crippen molar-refractivity contribution in [1.29, 1.82) is 0 Å². The molecule has 8 nitrogen and oxygen atoms in total. The second-order valence-corrected chi connectivity index (χ2v) is 10.1. The van der Waals surface area contributed by atoms with Crippen molar-refractivity contribution in [2.75, 3.05) is 20.2 Å². The fraction of sp³-hybridized carbons (Fsp3) is 0.455. The lowest BCUT2D eigenvalue weighted by molar-refractivity contribution is -0.120. The standard InChI is InChI=1S/C22H31N3O5S/c1-16-14-18(30-5)15-21(27)25(16)13-12-23-20(26)10-11-24-31(28,29)19-8-6-17(7-9-19)22(2,3)4/h6-9,14-15,24H,10-13H2,1-5H3,(H,23,26). The molecule has 0 saturated carbocycles. The summed E-state index contributed by atoms with van der Waals surface area (Å²) in [5.41, 5.74) is 1.49. The quantitative estimate of drug-likeness (QED) is 0.609. The number of hydrogen-bond acceptors (Lipinski definition) is 5. The highest BCUT2D eigenvalue weighted by Gasteiger charge is 2.17. The van der Waals surface area contributed by atoms with Gasteiger partial charge in [-0.2, -0.15) is 0 Å². The van der Waals surface area contributed by atoms with E-state index in [-0.39, 0.29) is 41.3 Å². The van der Waals surface area contributed by atoms with Gasteiger partial charge in [-0.1, -0.05) is 32.9 Å². The Bertz CT molecular complexity index is 1070. The van der Waals surface area contributed by atoms with E-state index in [4.69, 9.17) is 4.74 Å². The minimum atomic E-state index is -3.69. The number of ether oxygens (including phenoxy) is 1. The molecule has 0 aliphatic heterocycles. The Kier molecular flexibility index (Phi) is 8.02. The van der Waals surface area contributed by atoms with Gasteiger partial charge in [-0.15, -0.1) is 0 Å². The predicted molar refractivity (Wildman–Crippen MR) is 120 cm³/mol. The molecule has 0 aliphatic rings. The minimum Gasteiger partial charge on any atom is -0.496 e. The summed E-state index contributed by atoms with van der Waals surface area (Å²) in [7, 11) is -2.19. The van der Waals surface area contributed by atoms with Crippen LogP contribution in [0.15, 0.2) is 46.1 Å². The number of nitrogens with zero attached hydrogens (tertiary/aromatic N) is 1. The average Bonchev–Trinajstić information content (AvgIpc) is 2.69. The smallest absolute Gasteiger partial charge is 0.254 e. The first-order chi connectivity index (χ1) is 14.4. The van der Waals surface area contributed by atoms with Crippen molar-refractivity contribution in [2.45, 2.75) is 51.0 Å². The SMILES string of the molecule is COc1cc(C)n(CCNC(=O)CCNS(=O)(=O)c2ccc(C(C)(C)C)cc2)c(=O)c1. The molecule has 31 heavy (non-hydrogen) atoms. The Morgan fingerprint density at radius 1 is 1.10 bits per heavy atom. The molecule has 0 aliphatic carbocycles. The highest BCUT2D eigenvalue weighted by molar-refractivity contribution is 7.89. The van der Waals surface area contributed by atoms with Crippen LogP contribution in [0.3, 0.4) is 0 Å². The third-order valence-corrected chi connectivity index (χ3v) is 6.35. The van der Waals surface area contributed by atoms with Gasteiger partial charge in [0.15, 0.2) is 0 Å². The fourth-order valence-electron chi connectivity index (χ4n) is 3.02. The summed E-state index contributed by atoms with van der Waals surface area (Å²) >= 11 is 0. The number of rotatable bonds is 9. The van der Waals surface area contributed by atoms with Crippen LogP contribution < -0.4 is 20.3 Å². The monoisotopic (exact) mass is 449 g/mol. The van der Waals surface area contributed by atoms with Crippen LogP contribution in [0.4, 0.5) is 0 Å². The number of benzene rings is 1. The molecule has 2 aromatic rings. The number of pyridine rings is 1. The molecule has 0 radical (unpaired) electrons. The second-order valence-electron chi connectivity index (χ2n) is 8.30. The molecule has 1 aromatic carbocycles. The third-order valence-electron chi connectivity index (χ3n) is 4.88. The molecular formula is C22H31N3O5S. The normalized spacial score (nSPS) is 11.9. The number of aryl methyl sites for hydroxylation is 1. The Morgan fingerprint density at radius 3 is 2.29 bits per heavy atom. The Morgan fingerprint density at radius 2 is 1.74 bits per heavy atom. The lowest BCUT2D eigenvalue weighted by atomic mass is 9.87. The van der Waals surface area contributed by atoms with E-state index in [0.29, 0.717) is 12.3 Å². The van der Waals surface area contributed by atoms with Gasteiger partial charge in [0.2, 0.25) is 15.9 Å². The highest BCUT2D eigenvalue weighted by Crippen LogP contribution is 2.23. The molecule has 9 heteroatoms. The second kappa shape index (κ2) is 10.1. The van der Waals surface area contributed by atoms with Crippen LogP contribution in [0.1, 0.15) is 38.4 Å². The molecule has 2 rings (SSSR count). The summed E-state index contributed by atoms with van der Waals surface area (Å²) in [6.45, 7) is 8.50. The van der Waals surface area contributed by atoms with E-state index in [1.807, 2.05) is 0 Å². The molecule has 0 fully saturated rings. The maximum atomic E-state index is 12.4. The Balaban J connectivity index is 1.82. The van der Waals surface area contributed by atoms with Crippen molar-refractivity contribution in [3.05, 3.63) is 58.0 Å². The van der Waals surface area contributed by atoms with Crippen LogP contribution in [0, 0.1) is 6.92 Å².